The number of benzene rings is 2. The highest BCUT2D eigenvalue weighted by Gasteiger charge is 2.42. The molecule has 2 aromatic carbocycles. The highest BCUT2D eigenvalue weighted by Crippen LogP contribution is 2.49. The number of aliphatic carboxylic acids is 1. The maximum Gasteiger partial charge on any atom is 0.345 e. The fourth-order valence-corrected chi connectivity index (χ4v) is 5.67. The van der Waals surface area contributed by atoms with Crippen molar-refractivity contribution >= 4 is 35.0 Å². The Kier molecular flexibility index (Phi) is 4.74. The lowest BCUT2D eigenvalue weighted by atomic mass is 9.79. The largest absolute Gasteiger partial charge is 0.480 e. The van der Waals surface area contributed by atoms with E-state index >= 15 is 0 Å². The Labute approximate surface area is 169 Å². The highest BCUT2D eigenvalue weighted by atomic mass is 32.2. The van der Waals surface area contributed by atoms with Crippen LogP contribution in [-0.4, -0.2) is 22.2 Å². The van der Waals surface area contributed by atoms with Crippen LogP contribution in [0.1, 0.15) is 38.0 Å². The van der Waals surface area contributed by atoms with E-state index in [9.17, 15) is 19.8 Å². The van der Waals surface area contributed by atoms with Gasteiger partial charge in [-0.25, -0.2) is 9.59 Å². The van der Waals surface area contributed by atoms with E-state index in [1.54, 1.807) is 11.8 Å². The molecule has 28 heavy (non-hydrogen) atoms. The average molecular weight is 412 g/mol. The minimum Gasteiger partial charge on any atom is -0.480 e. The molecule has 1 aromatic heterocycles. The molecule has 142 valence electrons. The Morgan fingerprint density at radius 1 is 0.929 bits per heavy atom. The van der Waals surface area contributed by atoms with E-state index in [4.69, 9.17) is 5.73 Å². The molecule has 3 aromatic rings. The zero-order valence-corrected chi connectivity index (χ0v) is 16.3. The van der Waals surface area contributed by atoms with Crippen LogP contribution in [-0.2, 0) is 10.3 Å². The smallest absolute Gasteiger partial charge is 0.345 e. The monoisotopic (exact) mass is 411 g/mol. The molecular formula is C21H17NO4S2. The molecular weight excluding hydrogens is 394 g/mol. The fraction of sp³-hybridized carbons (Fsp3) is 0.143. The van der Waals surface area contributed by atoms with Crippen LogP contribution in [0.5, 0.6) is 0 Å². The van der Waals surface area contributed by atoms with Crippen molar-refractivity contribution in [3.63, 3.8) is 0 Å². The van der Waals surface area contributed by atoms with Crippen molar-refractivity contribution in [1.29, 1.82) is 0 Å². The second-order valence-electron chi connectivity index (χ2n) is 6.68. The second-order valence-corrected chi connectivity index (χ2v) is 8.85. The van der Waals surface area contributed by atoms with Crippen molar-refractivity contribution in [1.82, 2.24) is 0 Å². The number of carboxylic acids is 2. The third-order valence-electron chi connectivity index (χ3n) is 4.97. The Morgan fingerprint density at radius 2 is 1.50 bits per heavy atom. The summed E-state index contributed by atoms with van der Waals surface area (Å²) in [5.74, 6) is -2.46. The quantitative estimate of drug-likeness (QED) is 0.576. The van der Waals surface area contributed by atoms with E-state index < -0.39 is 17.5 Å². The van der Waals surface area contributed by atoms with Crippen molar-refractivity contribution in [2.75, 3.05) is 0 Å². The first kappa shape index (κ1) is 18.7. The first-order valence-corrected chi connectivity index (χ1v) is 10.2. The molecule has 1 atom stereocenters. The van der Waals surface area contributed by atoms with Crippen molar-refractivity contribution in [3.05, 3.63) is 81.5 Å². The number of rotatable bonds is 5. The minimum absolute atomic E-state index is 0.0751. The SMILES string of the molecule is NC(CC1c2ccccc2Sc2ccccc21)(C(=O)O)c1ccc(C(=O)O)s1. The van der Waals surface area contributed by atoms with Gasteiger partial charge in [-0.1, -0.05) is 48.2 Å². The van der Waals surface area contributed by atoms with Gasteiger partial charge in [-0.3, -0.25) is 0 Å². The predicted octanol–water partition coefficient (Wildman–Crippen LogP) is 4.37. The number of carbonyl (C=O) groups is 2. The summed E-state index contributed by atoms with van der Waals surface area (Å²) < 4.78 is 0. The average Bonchev–Trinajstić information content (AvgIpc) is 3.19. The molecule has 4 N–H and O–H groups in total. The van der Waals surface area contributed by atoms with E-state index in [-0.39, 0.29) is 17.2 Å². The Bertz CT molecular complexity index is 1030. The fourth-order valence-electron chi connectivity index (χ4n) is 3.54. The van der Waals surface area contributed by atoms with Gasteiger partial charge in [0.2, 0.25) is 0 Å². The van der Waals surface area contributed by atoms with Crippen LogP contribution in [0.4, 0.5) is 0 Å². The van der Waals surface area contributed by atoms with Crippen molar-refractivity contribution in [2.24, 2.45) is 5.73 Å². The zero-order valence-electron chi connectivity index (χ0n) is 14.7. The number of fused-ring (bicyclic) bond motifs is 2. The number of thiophene rings is 1. The molecule has 0 radical (unpaired) electrons. The summed E-state index contributed by atoms with van der Waals surface area (Å²) in [6, 6.07) is 18.8. The van der Waals surface area contributed by atoms with Crippen LogP contribution in [0.15, 0.2) is 70.5 Å². The maximum atomic E-state index is 12.2. The molecule has 0 aliphatic carbocycles. The second kappa shape index (κ2) is 7.09. The molecule has 7 heteroatoms. The minimum atomic E-state index is -1.69. The molecule has 0 bridgehead atoms. The van der Waals surface area contributed by atoms with Gasteiger partial charge in [0.15, 0.2) is 0 Å². The third-order valence-corrected chi connectivity index (χ3v) is 7.41. The Hall–Kier alpha value is -2.61. The van der Waals surface area contributed by atoms with Crippen LogP contribution in [0, 0.1) is 0 Å². The molecule has 1 aliphatic rings. The topological polar surface area (TPSA) is 101 Å². The molecule has 0 fully saturated rings. The number of carboxylic acid groups (broad SMARTS) is 2. The van der Waals surface area contributed by atoms with Crippen molar-refractivity contribution in [3.8, 4) is 0 Å². The van der Waals surface area contributed by atoms with E-state index in [0.29, 0.717) is 4.88 Å². The summed E-state index contributed by atoms with van der Waals surface area (Å²) in [6.45, 7) is 0. The van der Waals surface area contributed by atoms with E-state index in [1.165, 1.54) is 12.1 Å². The lowest BCUT2D eigenvalue weighted by Gasteiger charge is -2.33. The molecule has 1 aliphatic heterocycles. The first-order chi connectivity index (χ1) is 13.4. The third kappa shape index (κ3) is 3.11. The molecule has 2 heterocycles. The maximum absolute atomic E-state index is 12.2. The zero-order chi connectivity index (χ0) is 19.9. The van der Waals surface area contributed by atoms with Crippen molar-refractivity contribution < 1.29 is 19.8 Å². The van der Waals surface area contributed by atoms with Gasteiger partial charge >= 0.3 is 11.9 Å². The van der Waals surface area contributed by atoms with Gasteiger partial charge in [-0.15, -0.1) is 11.3 Å². The number of hydrogen-bond donors (Lipinski definition) is 3. The molecule has 0 amide bonds. The Balaban J connectivity index is 1.81. The van der Waals surface area contributed by atoms with Crippen LogP contribution in [0.2, 0.25) is 0 Å². The van der Waals surface area contributed by atoms with E-state index in [1.807, 2.05) is 48.5 Å². The van der Waals surface area contributed by atoms with Gasteiger partial charge in [0.1, 0.15) is 10.4 Å². The number of nitrogens with two attached hydrogens (primary N) is 1. The van der Waals surface area contributed by atoms with Crippen LogP contribution < -0.4 is 5.73 Å². The van der Waals surface area contributed by atoms with Crippen LogP contribution in [0.3, 0.4) is 0 Å². The molecule has 1 unspecified atom stereocenters. The lowest BCUT2D eigenvalue weighted by Crippen LogP contribution is -2.45. The summed E-state index contributed by atoms with van der Waals surface area (Å²) in [6.07, 6.45) is 0.135. The molecule has 0 spiro atoms. The van der Waals surface area contributed by atoms with E-state index in [2.05, 4.69) is 0 Å². The van der Waals surface area contributed by atoms with E-state index in [0.717, 1.165) is 32.3 Å². The normalized spacial score (nSPS) is 15.3. The van der Waals surface area contributed by atoms with Gasteiger partial charge in [0.25, 0.3) is 0 Å². The van der Waals surface area contributed by atoms with Gasteiger partial charge in [0.05, 0.1) is 0 Å². The highest BCUT2D eigenvalue weighted by molar-refractivity contribution is 7.99. The lowest BCUT2D eigenvalue weighted by molar-refractivity contribution is -0.144. The summed E-state index contributed by atoms with van der Waals surface area (Å²) >= 11 is 2.58. The summed E-state index contributed by atoms with van der Waals surface area (Å²) in [5, 5.41) is 19.2. The van der Waals surface area contributed by atoms with Crippen LogP contribution in [0.25, 0.3) is 0 Å². The molecule has 4 rings (SSSR count). The van der Waals surface area contributed by atoms with Crippen LogP contribution >= 0.6 is 23.1 Å². The summed E-state index contributed by atoms with van der Waals surface area (Å²) in [4.78, 5) is 26.0. The Morgan fingerprint density at radius 3 is 2.00 bits per heavy atom. The molecule has 5 nitrogen and oxygen atoms in total. The molecule has 0 saturated heterocycles. The van der Waals surface area contributed by atoms with Gasteiger partial charge in [-0.2, -0.15) is 0 Å². The van der Waals surface area contributed by atoms with Gasteiger partial charge in [-0.05, 0) is 41.8 Å². The molecule has 0 saturated carbocycles. The van der Waals surface area contributed by atoms with Gasteiger partial charge in [0, 0.05) is 20.6 Å². The summed E-state index contributed by atoms with van der Waals surface area (Å²) in [7, 11) is 0. The standard InChI is InChI=1S/C21H17NO4S2/c22-21(20(25)26,18-10-9-17(28-18)19(23)24)11-14-12-5-1-3-7-15(12)27-16-8-4-2-6-13(14)16/h1-10,14H,11,22H2,(H,23,24)(H,25,26). The predicted molar refractivity (Wildman–Crippen MR) is 108 cm³/mol. The number of aromatic carboxylic acids is 1. The summed E-state index contributed by atoms with van der Waals surface area (Å²) in [5.41, 5.74) is 6.82. The number of hydrogen-bond acceptors (Lipinski definition) is 5. The first-order valence-electron chi connectivity index (χ1n) is 8.62. The van der Waals surface area contributed by atoms with Crippen molar-refractivity contribution in [2.45, 2.75) is 27.7 Å². The van der Waals surface area contributed by atoms with Gasteiger partial charge < -0.3 is 15.9 Å².